The van der Waals surface area contributed by atoms with E-state index in [1.54, 1.807) is 51.1 Å². The maximum Gasteiger partial charge on any atom is 0.408 e. The number of carbonyl (C=O) groups excluding carboxylic acids is 1. The number of aliphatic hydroxyl groups excluding tert-OH is 1. The van der Waals surface area contributed by atoms with Gasteiger partial charge in [0.05, 0.1) is 17.9 Å². The smallest absolute Gasteiger partial charge is 0.408 e. The van der Waals surface area contributed by atoms with Crippen molar-refractivity contribution >= 4 is 15.9 Å². The van der Waals surface area contributed by atoms with Gasteiger partial charge in [-0.05, 0) is 26.3 Å². The summed E-state index contributed by atoms with van der Waals surface area (Å²) in [5.74, 6) is -0.456. The second kappa shape index (κ2) is 7.11. The molecule has 0 unspecified atom stereocenters. The number of hydrogen-bond acceptors (Lipinski definition) is 5. The van der Waals surface area contributed by atoms with E-state index in [-0.39, 0.29) is 0 Å². The molecule has 7 heteroatoms. The van der Waals surface area contributed by atoms with E-state index >= 15 is 0 Å². The molecule has 0 bridgehead atoms. The van der Waals surface area contributed by atoms with Crippen molar-refractivity contribution in [3.63, 3.8) is 0 Å². The molecule has 1 aromatic carbocycles. The zero-order chi connectivity index (χ0) is 17.0. The lowest BCUT2D eigenvalue weighted by atomic mass is 10.0. The van der Waals surface area contributed by atoms with E-state index in [4.69, 9.17) is 4.74 Å². The first-order chi connectivity index (χ1) is 9.98. The van der Waals surface area contributed by atoms with Crippen molar-refractivity contribution in [2.24, 2.45) is 0 Å². The molecule has 0 aliphatic rings. The van der Waals surface area contributed by atoms with E-state index in [0.717, 1.165) is 6.26 Å². The number of alkyl carbamates (subject to hydrolysis) is 1. The van der Waals surface area contributed by atoms with Crippen LogP contribution in [0.2, 0.25) is 0 Å². The van der Waals surface area contributed by atoms with Crippen LogP contribution in [0.15, 0.2) is 30.3 Å². The normalized spacial score (nSPS) is 15.0. The zero-order valence-corrected chi connectivity index (χ0v) is 14.1. The monoisotopic (exact) mass is 329 g/mol. The highest BCUT2D eigenvalue weighted by Gasteiger charge is 2.28. The van der Waals surface area contributed by atoms with Gasteiger partial charge in [-0.1, -0.05) is 30.3 Å². The molecule has 0 fully saturated rings. The predicted molar refractivity (Wildman–Crippen MR) is 84.3 cm³/mol. The summed E-state index contributed by atoms with van der Waals surface area (Å²) in [5.41, 5.74) is -0.0860. The minimum atomic E-state index is -3.39. The van der Waals surface area contributed by atoms with Crippen LogP contribution in [0, 0.1) is 0 Å². The Morgan fingerprint density at radius 2 is 1.82 bits per heavy atom. The van der Waals surface area contributed by atoms with Crippen LogP contribution in [0.5, 0.6) is 0 Å². The van der Waals surface area contributed by atoms with Gasteiger partial charge in [-0.15, -0.1) is 0 Å². The molecule has 0 heterocycles. The Labute approximate surface area is 131 Å². The van der Waals surface area contributed by atoms with E-state index in [0.29, 0.717) is 5.56 Å². The highest BCUT2D eigenvalue weighted by molar-refractivity contribution is 7.90. The van der Waals surface area contributed by atoms with Crippen LogP contribution in [-0.4, -0.2) is 43.3 Å². The van der Waals surface area contributed by atoms with Crippen molar-refractivity contribution in [1.82, 2.24) is 5.32 Å². The lowest BCUT2D eigenvalue weighted by Crippen LogP contribution is -2.41. The van der Waals surface area contributed by atoms with Crippen LogP contribution < -0.4 is 5.32 Å². The van der Waals surface area contributed by atoms with Gasteiger partial charge in [-0.2, -0.15) is 0 Å². The fraction of sp³-hybridized carbons (Fsp3) is 0.533. The van der Waals surface area contributed by atoms with Crippen molar-refractivity contribution in [2.45, 2.75) is 38.5 Å². The van der Waals surface area contributed by atoms with Gasteiger partial charge < -0.3 is 15.2 Å². The van der Waals surface area contributed by atoms with Crippen LogP contribution in [0.25, 0.3) is 0 Å². The summed E-state index contributed by atoms with van der Waals surface area (Å²) in [7, 11) is -3.39. The number of rotatable bonds is 5. The van der Waals surface area contributed by atoms with E-state index in [2.05, 4.69) is 5.32 Å². The predicted octanol–water partition coefficient (Wildman–Crippen LogP) is 1.66. The van der Waals surface area contributed by atoms with Crippen LogP contribution in [0.4, 0.5) is 4.79 Å². The Kier molecular flexibility index (Phi) is 5.96. The van der Waals surface area contributed by atoms with E-state index in [1.165, 1.54) is 0 Å². The Morgan fingerprint density at radius 1 is 1.27 bits per heavy atom. The van der Waals surface area contributed by atoms with Gasteiger partial charge in [0, 0.05) is 6.26 Å². The SMILES string of the molecule is CC(C)(C)OC(=O)N[C@@H](c1ccccc1)[C@H](O)CS(C)(=O)=O. The number of amides is 1. The third kappa shape index (κ3) is 6.91. The van der Waals surface area contributed by atoms with Crippen molar-refractivity contribution < 1.29 is 23.1 Å². The summed E-state index contributed by atoms with van der Waals surface area (Å²) in [6.07, 6.45) is -0.954. The highest BCUT2D eigenvalue weighted by atomic mass is 32.2. The van der Waals surface area contributed by atoms with Gasteiger partial charge in [-0.25, -0.2) is 13.2 Å². The molecule has 0 aromatic heterocycles. The molecule has 1 rings (SSSR count). The van der Waals surface area contributed by atoms with Gasteiger partial charge in [0.15, 0.2) is 0 Å². The summed E-state index contributed by atoms with van der Waals surface area (Å²) < 4.78 is 27.9. The lowest BCUT2D eigenvalue weighted by Gasteiger charge is -2.26. The second-order valence-corrected chi connectivity index (χ2v) is 8.38. The van der Waals surface area contributed by atoms with E-state index in [9.17, 15) is 18.3 Å². The molecule has 0 saturated carbocycles. The number of ether oxygens (including phenoxy) is 1. The maximum absolute atomic E-state index is 11.9. The average Bonchev–Trinajstić information content (AvgIpc) is 2.32. The van der Waals surface area contributed by atoms with Crippen molar-refractivity contribution in [3.05, 3.63) is 35.9 Å². The Balaban J connectivity index is 2.95. The molecule has 1 amide bonds. The molecular formula is C15H23NO5S. The van der Waals surface area contributed by atoms with Gasteiger partial charge in [0.25, 0.3) is 0 Å². The van der Waals surface area contributed by atoms with Crippen LogP contribution in [0.1, 0.15) is 32.4 Å². The first-order valence-corrected chi connectivity index (χ1v) is 8.94. The first kappa shape index (κ1) is 18.4. The molecule has 0 saturated heterocycles. The number of nitrogens with one attached hydrogen (secondary N) is 1. The summed E-state index contributed by atoms with van der Waals surface area (Å²) >= 11 is 0. The maximum atomic E-state index is 11.9. The summed E-state index contributed by atoms with van der Waals surface area (Å²) in [4.78, 5) is 11.9. The quantitative estimate of drug-likeness (QED) is 0.857. The van der Waals surface area contributed by atoms with Crippen molar-refractivity contribution in [1.29, 1.82) is 0 Å². The second-order valence-electron chi connectivity index (χ2n) is 6.19. The number of benzene rings is 1. The van der Waals surface area contributed by atoms with Crippen LogP contribution >= 0.6 is 0 Å². The van der Waals surface area contributed by atoms with Crippen molar-refractivity contribution in [2.75, 3.05) is 12.0 Å². The summed E-state index contributed by atoms with van der Waals surface area (Å²) in [6, 6.07) is 7.81. The lowest BCUT2D eigenvalue weighted by molar-refractivity contribution is 0.0438. The summed E-state index contributed by atoms with van der Waals surface area (Å²) in [5, 5.41) is 12.7. The molecule has 6 nitrogen and oxygen atoms in total. The number of aliphatic hydroxyl groups is 1. The Morgan fingerprint density at radius 3 is 2.27 bits per heavy atom. The van der Waals surface area contributed by atoms with Gasteiger partial charge >= 0.3 is 6.09 Å². The molecule has 22 heavy (non-hydrogen) atoms. The molecule has 0 spiro atoms. The first-order valence-electron chi connectivity index (χ1n) is 6.88. The summed E-state index contributed by atoms with van der Waals surface area (Å²) in [6.45, 7) is 5.16. The molecule has 2 N–H and O–H groups in total. The fourth-order valence-corrected chi connectivity index (χ4v) is 2.72. The third-order valence-corrected chi connectivity index (χ3v) is 3.64. The number of sulfone groups is 1. The van der Waals surface area contributed by atoms with Gasteiger partial charge in [0.1, 0.15) is 15.4 Å². The molecule has 0 aliphatic heterocycles. The number of carbonyl (C=O) groups is 1. The zero-order valence-electron chi connectivity index (χ0n) is 13.2. The Bertz CT molecular complexity index is 592. The molecule has 1 aromatic rings. The van der Waals surface area contributed by atoms with Crippen LogP contribution in [0.3, 0.4) is 0 Å². The minimum Gasteiger partial charge on any atom is -0.444 e. The molecule has 124 valence electrons. The van der Waals surface area contributed by atoms with Crippen LogP contribution in [-0.2, 0) is 14.6 Å². The molecular weight excluding hydrogens is 306 g/mol. The molecule has 0 aliphatic carbocycles. The van der Waals surface area contributed by atoms with E-state index < -0.39 is 39.4 Å². The third-order valence-electron chi connectivity index (χ3n) is 2.69. The molecule has 0 radical (unpaired) electrons. The average molecular weight is 329 g/mol. The largest absolute Gasteiger partial charge is 0.444 e. The number of hydrogen-bond donors (Lipinski definition) is 2. The van der Waals surface area contributed by atoms with E-state index in [1.807, 2.05) is 0 Å². The standard InChI is InChI=1S/C15H23NO5S/c1-15(2,3)21-14(18)16-13(11-8-6-5-7-9-11)12(17)10-22(4,19)20/h5-9,12-13,17H,10H2,1-4H3,(H,16,18)/t12-,13+/m1/s1. The minimum absolute atomic E-state index is 0.456. The van der Waals surface area contributed by atoms with Crippen molar-refractivity contribution in [3.8, 4) is 0 Å². The topological polar surface area (TPSA) is 92.7 Å². The molecule has 2 atom stereocenters. The van der Waals surface area contributed by atoms with Gasteiger partial charge in [-0.3, -0.25) is 0 Å². The Hall–Kier alpha value is -1.60. The van der Waals surface area contributed by atoms with Gasteiger partial charge in [0.2, 0.25) is 0 Å². The fourth-order valence-electron chi connectivity index (χ4n) is 1.90. The highest BCUT2D eigenvalue weighted by Crippen LogP contribution is 2.19.